The van der Waals surface area contributed by atoms with Crippen molar-refractivity contribution in [2.75, 3.05) is 0 Å². The van der Waals surface area contributed by atoms with E-state index in [1.807, 2.05) is 64.3 Å². The van der Waals surface area contributed by atoms with E-state index in [2.05, 4.69) is 5.10 Å². The minimum atomic E-state index is -0.462. The van der Waals surface area contributed by atoms with E-state index < -0.39 is 6.10 Å². The van der Waals surface area contributed by atoms with Gasteiger partial charge in [0.05, 0.1) is 17.4 Å². The lowest BCUT2D eigenvalue weighted by Gasteiger charge is -2.28. The van der Waals surface area contributed by atoms with E-state index in [1.165, 1.54) is 0 Å². The zero-order valence-corrected chi connectivity index (χ0v) is 16.8. The fraction of sp³-hybridized carbons (Fsp3) is 0.333. The van der Waals surface area contributed by atoms with E-state index in [0.717, 1.165) is 42.5 Å². The predicted octanol–water partition coefficient (Wildman–Crippen LogP) is 3.71. The van der Waals surface area contributed by atoms with E-state index in [4.69, 9.17) is 4.74 Å². The minimum absolute atomic E-state index is 0.0120. The monoisotopic (exact) mass is 403 g/mol. The van der Waals surface area contributed by atoms with Gasteiger partial charge < -0.3 is 14.7 Å². The molecule has 1 aliphatic carbocycles. The number of nitrogens with zero attached hydrogens (tertiary/aromatic N) is 3. The molecule has 2 atom stereocenters. The van der Waals surface area contributed by atoms with Crippen molar-refractivity contribution in [2.45, 2.75) is 51.0 Å². The molecule has 30 heavy (non-hydrogen) atoms. The Hall–Kier alpha value is -3.12. The highest BCUT2D eigenvalue weighted by atomic mass is 16.5. The van der Waals surface area contributed by atoms with E-state index in [-0.39, 0.29) is 12.0 Å². The summed E-state index contributed by atoms with van der Waals surface area (Å²) in [5.41, 5.74) is 3.68. The first-order chi connectivity index (χ1) is 14.7. The zero-order valence-electron chi connectivity index (χ0n) is 16.8. The summed E-state index contributed by atoms with van der Waals surface area (Å²) in [6.07, 6.45) is 6.61. The summed E-state index contributed by atoms with van der Waals surface area (Å²) in [7, 11) is 0. The number of ether oxygens (including phenoxy) is 1. The average molecular weight is 403 g/mol. The largest absolute Gasteiger partial charge is 0.487 e. The number of hydrogen-bond acceptors (Lipinski definition) is 4. The van der Waals surface area contributed by atoms with Crippen LogP contribution in [0.1, 0.15) is 47.2 Å². The number of benzene rings is 2. The molecule has 2 aliphatic rings. The van der Waals surface area contributed by atoms with Gasteiger partial charge in [0.2, 0.25) is 0 Å². The van der Waals surface area contributed by atoms with Gasteiger partial charge in [-0.2, -0.15) is 5.10 Å². The average Bonchev–Trinajstić information content (AvgIpc) is 3.40. The first kappa shape index (κ1) is 18.9. The number of carbonyl (C=O) groups excluding carboxylic acids is 1. The van der Waals surface area contributed by atoms with Crippen molar-refractivity contribution in [2.24, 2.45) is 0 Å². The Morgan fingerprint density at radius 1 is 1.07 bits per heavy atom. The molecule has 1 N–H and O–H groups in total. The number of rotatable bonds is 5. The molecule has 0 bridgehead atoms. The van der Waals surface area contributed by atoms with Crippen molar-refractivity contribution in [3.05, 3.63) is 77.6 Å². The quantitative estimate of drug-likeness (QED) is 0.705. The van der Waals surface area contributed by atoms with Gasteiger partial charge in [-0.3, -0.25) is 4.79 Å². The van der Waals surface area contributed by atoms with Crippen molar-refractivity contribution in [3.63, 3.8) is 0 Å². The van der Waals surface area contributed by atoms with Gasteiger partial charge in [0, 0.05) is 25.5 Å². The Balaban J connectivity index is 1.31. The summed E-state index contributed by atoms with van der Waals surface area (Å²) in [4.78, 5) is 15.0. The van der Waals surface area contributed by atoms with Crippen molar-refractivity contribution < 1.29 is 14.6 Å². The molecule has 0 radical (unpaired) electrons. The number of aromatic nitrogens is 2. The molecule has 1 aliphatic heterocycles. The summed E-state index contributed by atoms with van der Waals surface area (Å²) in [5, 5.41) is 14.5. The number of hydrogen-bond donors (Lipinski definition) is 1. The molecule has 1 aromatic heterocycles. The maximum absolute atomic E-state index is 13.2. The van der Waals surface area contributed by atoms with E-state index >= 15 is 0 Å². The van der Waals surface area contributed by atoms with Crippen LogP contribution in [0.25, 0.3) is 5.69 Å². The summed E-state index contributed by atoms with van der Waals surface area (Å²) in [5.74, 6) is 0.585. The lowest BCUT2D eigenvalue weighted by Crippen LogP contribution is -2.35. The molecule has 0 saturated heterocycles. The van der Waals surface area contributed by atoms with Gasteiger partial charge >= 0.3 is 0 Å². The molecule has 1 fully saturated rings. The highest BCUT2D eigenvalue weighted by Crippen LogP contribution is 2.34. The van der Waals surface area contributed by atoms with Gasteiger partial charge in [-0.25, -0.2) is 4.68 Å². The van der Waals surface area contributed by atoms with Crippen molar-refractivity contribution in [1.82, 2.24) is 14.7 Å². The maximum atomic E-state index is 13.2. The number of carbonyl (C=O) groups is 1. The molecule has 6 nitrogen and oxygen atoms in total. The van der Waals surface area contributed by atoms with Gasteiger partial charge in [0.15, 0.2) is 0 Å². The normalized spacial score (nSPS) is 21.0. The topological polar surface area (TPSA) is 67.6 Å². The van der Waals surface area contributed by atoms with Crippen LogP contribution in [0, 0.1) is 0 Å². The summed E-state index contributed by atoms with van der Waals surface area (Å²) < 4.78 is 7.94. The van der Waals surface area contributed by atoms with E-state index in [9.17, 15) is 9.90 Å². The molecule has 6 heteroatoms. The molecule has 1 saturated carbocycles. The highest BCUT2D eigenvalue weighted by molar-refractivity contribution is 6.01. The Morgan fingerprint density at radius 3 is 2.67 bits per heavy atom. The maximum Gasteiger partial charge on any atom is 0.258 e. The van der Waals surface area contributed by atoms with Crippen LogP contribution in [0.2, 0.25) is 0 Å². The number of aliphatic hydroxyl groups is 1. The molecule has 0 spiro atoms. The van der Waals surface area contributed by atoms with Crippen molar-refractivity contribution in [3.8, 4) is 11.4 Å². The fourth-order valence-corrected chi connectivity index (χ4v) is 4.39. The Bertz CT molecular complexity index is 1030. The number of fused-ring (bicyclic) bond motifs is 1. The number of amides is 1. The van der Waals surface area contributed by atoms with Gasteiger partial charge in [-0.1, -0.05) is 30.7 Å². The number of aliphatic hydroxyl groups excluding tert-OH is 1. The van der Waals surface area contributed by atoms with Crippen LogP contribution in [0.3, 0.4) is 0 Å². The summed E-state index contributed by atoms with van der Waals surface area (Å²) >= 11 is 0. The Labute approximate surface area is 175 Å². The smallest absolute Gasteiger partial charge is 0.258 e. The van der Waals surface area contributed by atoms with Crippen LogP contribution in [0.5, 0.6) is 5.75 Å². The van der Waals surface area contributed by atoms with E-state index in [1.54, 1.807) is 6.20 Å². The fourth-order valence-electron chi connectivity index (χ4n) is 4.39. The third-order valence-electron chi connectivity index (χ3n) is 6.00. The molecule has 154 valence electrons. The third kappa shape index (κ3) is 3.59. The highest BCUT2D eigenvalue weighted by Gasteiger charge is 2.33. The van der Waals surface area contributed by atoms with Gasteiger partial charge in [-0.05, 0) is 54.7 Å². The van der Waals surface area contributed by atoms with Gasteiger partial charge in [-0.15, -0.1) is 0 Å². The van der Waals surface area contributed by atoms with Crippen LogP contribution >= 0.6 is 0 Å². The molecule has 2 unspecified atom stereocenters. The zero-order chi connectivity index (χ0) is 20.5. The molecular formula is C24H25N3O3. The molecule has 3 aromatic rings. The minimum Gasteiger partial charge on any atom is -0.487 e. The Morgan fingerprint density at radius 2 is 1.90 bits per heavy atom. The molecule has 1 amide bonds. The van der Waals surface area contributed by atoms with Crippen LogP contribution < -0.4 is 4.74 Å². The predicted molar refractivity (Wildman–Crippen MR) is 112 cm³/mol. The third-order valence-corrected chi connectivity index (χ3v) is 6.00. The second-order valence-electron chi connectivity index (χ2n) is 8.08. The standard InChI is InChI=1S/C24H25N3O3/c28-20-6-1-2-7-21(20)30-22-8-3-5-18-16-26(24(29)23(18)22)15-17-9-11-19(12-10-17)27-14-4-13-25-27/h3-5,8-14,20-21,28H,1-2,6-7,15-16H2. The molecular weight excluding hydrogens is 378 g/mol. The Kier molecular flexibility index (Phi) is 5.01. The molecule has 2 heterocycles. The lowest BCUT2D eigenvalue weighted by molar-refractivity contribution is 0.00636. The second-order valence-corrected chi connectivity index (χ2v) is 8.08. The molecule has 2 aromatic carbocycles. The first-order valence-electron chi connectivity index (χ1n) is 10.5. The van der Waals surface area contributed by atoms with Crippen molar-refractivity contribution >= 4 is 5.91 Å². The summed E-state index contributed by atoms with van der Waals surface area (Å²) in [6.45, 7) is 1.11. The first-order valence-corrected chi connectivity index (χ1v) is 10.5. The van der Waals surface area contributed by atoms with E-state index in [0.29, 0.717) is 24.4 Å². The van der Waals surface area contributed by atoms with Crippen LogP contribution in [0.15, 0.2) is 60.9 Å². The SMILES string of the molecule is O=C1c2c(cccc2OC2CCCCC2O)CN1Cc1ccc(-n2cccn2)cc1. The molecule has 5 rings (SSSR count). The van der Waals surface area contributed by atoms with Crippen LogP contribution in [-0.2, 0) is 13.1 Å². The van der Waals surface area contributed by atoms with Crippen LogP contribution in [0.4, 0.5) is 0 Å². The lowest BCUT2D eigenvalue weighted by atomic mass is 9.94. The van der Waals surface area contributed by atoms with Gasteiger partial charge in [0.1, 0.15) is 11.9 Å². The van der Waals surface area contributed by atoms with Crippen LogP contribution in [-0.4, -0.2) is 37.9 Å². The van der Waals surface area contributed by atoms with Crippen molar-refractivity contribution in [1.29, 1.82) is 0 Å². The van der Waals surface area contributed by atoms with Gasteiger partial charge in [0.25, 0.3) is 5.91 Å². The second kappa shape index (κ2) is 7.95. The summed E-state index contributed by atoms with van der Waals surface area (Å²) in [6, 6.07) is 15.7.